The molecule has 0 spiro atoms. The second-order valence-corrected chi connectivity index (χ2v) is 5.21. The van der Waals surface area contributed by atoms with E-state index in [9.17, 15) is 22.4 Å². The first kappa shape index (κ1) is 15.8. The van der Waals surface area contributed by atoms with Gasteiger partial charge in [0.25, 0.3) is 5.91 Å². The highest BCUT2D eigenvalue weighted by atomic mass is 79.9. The average Bonchev–Trinajstić information content (AvgIpc) is 2.43. The van der Waals surface area contributed by atoms with Crippen LogP contribution in [0.2, 0.25) is 5.02 Å². The predicted octanol–water partition coefficient (Wildman–Crippen LogP) is 4.91. The Hall–Kier alpha value is -1.60. The van der Waals surface area contributed by atoms with E-state index in [2.05, 4.69) is 15.9 Å². The summed E-state index contributed by atoms with van der Waals surface area (Å²) in [5.41, 5.74) is -1.25. The van der Waals surface area contributed by atoms with Crippen LogP contribution < -0.4 is 5.32 Å². The molecule has 0 fully saturated rings. The van der Waals surface area contributed by atoms with E-state index >= 15 is 0 Å². The molecule has 0 unspecified atom stereocenters. The maximum Gasteiger partial charge on any atom is 0.257 e. The van der Waals surface area contributed by atoms with Crippen LogP contribution in [0.1, 0.15) is 10.4 Å². The Bertz CT molecular complexity index is 712. The van der Waals surface area contributed by atoms with Gasteiger partial charge in [0.2, 0.25) is 0 Å². The number of anilines is 1. The molecule has 0 aliphatic rings. The summed E-state index contributed by atoms with van der Waals surface area (Å²) in [6.45, 7) is 0. The van der Waals surface area contributed by atoms with Crippen LogP contribution in [0.5, 0.6) is 0 Å². The number of nitrogens with one attached hydrogen (secondary N) is 1. The second-order valence-electron chi connectivity index (χ2n) is 3.92. The number of hydrogen-bond donors (Lipinski definition) is 1. The molecule has 0 aliphatic carbocycles. The highest BCUT2D eigenvalue weighted by molar-refractivity contribution is 9.10. The van der Waals surface area contributed by atoms with Gasteiger partial charge in [-0.2, -0.15) is 0 Å². The Kier molecular flexibility index (Phi) is 4.53. The van der Waals surface area contributed by atoms with E-state index in [1.54, 1.807) is 5.32 Å². The Morgan fingerprint density at radius 3 is 2.19 bits per heavy atom. The first-order valence-corrected chi connectivity index (χ1v) is 6.57. The van der Waals surface area contributed by atoms with Crippen molar-refractivity contribution in [1.29, 1.82) is 0 Å². The Morgan fingerprint density at radius 2 is 1.62 bits per heavy atom. The Balaban J connectivity index is 2.43. The number of carbonyl (C=O) groups is 1. The zero-order valence-corrected chi connectivity index (χ0v) is 12.3. The number of halogens is 6. The highest BCUT2D eigenvalue weighted by Crippen LogP contribution is 2.27. The summed E-state index contributed by atoms with van der Waals surface area (Å²) in [6, 6.07) is 4.20. The molecule has 1 N–H and O–H groups in total. The van der Waals surface area contributed by atoms with Crippen molar-refractivity contribution in [2.24, 2.45) is 0 Å². The van der Waals surface area contributed by atoms with Crippen LogP contribution in [-0.4, -0.2) is 5.91 Å². The molecule has 0 saturated carbocycles. The monoisotopic (exact) mass is 381 g/mol. The maximum atomic E-state index is 13.5. The van der Waals surface area contributed by atoms with E-state index < -0.39 is 34.9 Å². The summed E-state index contributed by atoms with van der Waals surface area (Å²) < 4.78 is 53.3. The highest BCUT2D eigenvalue weighted by Gasteiger charge is 2.22. The van der Waals surface area contributed by atoms with Crippen LogP contribution in [0.15, 0.2) is 28.7 Å². The summed E-state index contributed by atoms with van der Waals surface area (Å²) in [4.78, 5) is 11.9. The van der Waals surface area contributed by atoms with Crippen LogP contribution in [0.25, 0.3) is 0 Å². The molecule has 0 aliphatic heterocycles. The molecule has 8 heteroatoms. The van der Waals surface area contributed by atoms with Crippen molar-refractivity contribution >= 4 is 39.1 Å². The lowest BCUT2D eigenvalue weighted by atomic mass is 10.2. The molecule has 2 nitrogen and oxygen atoms in total. The van der Waals surface area contributed by atoms with Crippen LogP contribution >= 0.6 is 27.5 Å². The van der Waals surface area contributed by atoms with Crippen LogP contribution in [0.4, 0.5) is 23.2 Å². The number of benzene rings is 2. The maximum absolute atomic E-state index is 13.5. The Morgan fingerprint density at radius 1 is 1.05 bits per heavy atom. The first-order chi connectivity index (χ1) is 9.81. The summed E-state index contributed by atoms with van der Waals surface area (Å²) in [5.74, 6) is -7.60. The van der Waals surface area contributed by atoms with Crippen molar-refractivity contribution in [2.45, 2.75) is 0 Å². The van der Waals surface area contributed by atoms with Gasteiger partial charge in [-0.1, -0.05) is 11.6 Å². The second kappa shape index (κ2) is 6.03. The van der Waals surface area contributed by atoms with E-state index in [0.29, 0.717) is 4.47 Å². The van der Waals surface area contributed by atoms with Gasteiger partial charge in [0.05, 0.1) is 5.56 Å². The molecule has 2 rings (SSSR count). The van der Waals surface area contributed by atoms with Crippen LogP contribution in [0.3, 0.4) is 0 Å². The zero-order valence-electron chi connectivity index (χ0n) is 9.99. The summed E-state index contributed by atoms with van der Waals surface area (Å²) >= 11 is 8.76. The van der Waals surface area contributed by atoms with Gasteiger partial charge in [0.1, 0.15) is 5.69 Å². The van der Waals surface area contributed by atoms with Gasteiger partial charge in [0, 0.05) is 15.6 Å². The fourth-order valence-corrected chi connectivity index (χ4v) is 2.13. The standard InChI is InChI=1S/C13H5BrClF4NO/c14-7-2-1-5(15)3-6(7)13(21)20-12-10(18)8(16)4-9(17)11(12)19/h1-4H,(H,20,21). The third kappa shape index (κ3) is 3.19. The summed E-state index contributed by atoms with van der Waals surface area (Å²) in [7, 11) is 0. The smallest absolute Gasteiger partial charge is 0.257 e. The molecule has 2 aromatic rings. The molecular formula is C13H5BrClF4NO. The van der Waals surface area contributed by atoms with Crippen molar-refractivity contribution in [3.63, 3.8) is 0 Å². The summed E-state index contributed by atoms with van der Waals surface area (Å²) in [5, 5.41) is 1.99. The molecule has 0 aromatic heterocycles. The number of hydrogen-bond acceptors (Lipinski definition) is 1. The van der Waals surface area contributed by atoms with E-state index in [4.69, 9.17) is 11.6 Å². The van der Waals surface area contributed by atoms with Crippen molar-refractivity contribution in [2.75, 3.05) is 5.32 Å². The molecule has 21 heavy (non-hydrogen) atoms. The molecule has 0 radical (unpaired) electrons. The normalized spacial score (nSPS) is 10.6. The third-order valence-corrected chi connectivity index (χ3v) is 3.45. The van der Waals surface area contributed by atoms with Crippen molar-refractivity contribution in [3.05, 3.63) is 62.6 Å². The van der Waals surface area contributed by atoms with E-state index in [1.807, 2.05) is 0 Å². The topological polar surface area (TPSA) is 29.1 Å². The van der Waals surface area contributed by atoms with E-state index in [1.165, 1.54) is 18.2 Å². The van der Waals surface area contributed by atoms with Crippen LogP contribution in [0, 0.1) is 23.3 Å². The largest absolute Gasteiger partial charge is 0.317 e. The summed E-state index contributed by atoms with van der Waals surface area (Å²) in [6.07, 6.45) is 0. The third-order valence-electron chi connectivity index (χ3n) is 2.52. The van der Waals surface area contributed by atoms with Crippen LogP contribution in [-0.2, 0) is 0 Å². The van der Waals surface area contributed by atoms with Gasteiger partial charge >= 0.3 is 0 Å². The SMILES string of the molecule is O=C(Nc1c(F)c(F)cc(F)c1F)c1cc(Cl)ccc1Br. The van der Waals surface area contributed by atoms with E-state index in [-0.39, 0.29) is 16.7 Å². The molecular weight excluding hydrogens is 377 g/mol. The minimum absolute atomic E-state index is 0.0500. The molecule has 2 aromatic carbocycles. The number of amides is 1. The van der Waals surface area contributed by atoms with Gasteiger partial charge in [0.15, 0.2) is 23.3 Å². The predicted molar refractivity (Wildman–Crippen MR) is 73.4 cm³/mol. The van der Waals surface area contributed by atoms with Gasteiger partial charge in [-0.15, -0.1) is 0 Å². The van der Waals surface area contributed by atoms with Crippen molar-refractivity contribution < 1.29 is 22.4 Å². The Labute approximate surface area is 129 Å². The molecule has 0 atom stereocenters. The van der Waals surface area contributed by atoms with E-state index in [0.717, 1.165) is 0 Å². The fourth-order valence-electron chi connectivity index (χ4n) is 1.54. The number of carbonyl (C=O) groups excluding carboxylic acids is 1. The molecule has 110 valence electrons. The van der Waals surface area contributed by atoms with Gasteiger partial charge in [-0.05, 0) is 34.1 Å². The molecule has 0 bridgehead atoms. The quantitative estimate of drug-likeness (QED) is 0.580. The minimum Gasteiger partial charge on any atom is -0.317 e. The van der Waals surface area contributed by atoms with Gasteiger partial charge in [-0.3, -0.25) is 4.79 Å². The molecule has 0 saturated heterocycles. The lowest BCUT2D eigenvalue weighted by Gasteiger charge is -2.10. The minimum atomic E-state index is -1.69. The van der Waals surface area contributed by atoms with Crippen molar-refractivity contribution in [3.8, 4) is 0 Å². The zero-order chi connectivity index (χ0) is 15.7. The molecule has 1 amide bonds. The first-order valence-electron chi connectivity index (χ1n) is 5.40. The lowest BCUT2D eigenvalue weighted by molar-refractivity contribution is 0.102. The fraction of sp³-hybridized carbons (Fsp3) is 0. The molecule has 0 heterocycles. The van der Waals surface area contributed by atoms with Crippen molar-refractivity contribution in [1.82, 2.24) is 0 Å². The average molecular weight is 383 g/mol. The number of rotatable bonds is 2. The van der Waals surface area contributed by atoms with Gasteiger partial charge in [-0.25, -0.2) is 17.6 Å². The van der Waals surface area contributed by atoms with Gasteiger partial charge < -0.3 is 5.32 Å². The lowest BCUT2D eigenvalue weighted by Crippen LogP contribution is -2.16.